The molecule has 0 aromatic carbocycles. The standard InChI is InChI=1S/C22H39N3O5/c1-7-8-9-18(26)25-17(11-15(4)5)21(29)23-12-19(27)24-16(10-14(2)3)20(28)22(6)13-30-22/h14-17H,7-13H2,1-6H3,(H,23,29)(H,24,27)(H,25,26). The second-order valence-corrected chi connectivity index (χ2v) is 9.20. The molecule has 0 aromatic heterocycles. The highest BCUT2D eigenvalue weighted by Gasteiger charge is 2.50. The van der Waals surface area contributed by atoms with Gasteiger partial charge in [0.05, 0.1) is 19.2 Å². The number of Topliss-reactive ketones (excluding diaryl/α,β-unsaturated/α-hetero) is 1. The molecule has 0 radical (unpaired) electrons. The molecule has 1 heterocycles. The molecule has 0 aromatic rings. The summed E-state index contributed by atoms with van der Waals surface area (Å²) in [7, 11) is 0. The topological polar surface area (TPSA) is 117 Å². The monoisotopic (exact) mass is 425 g/mol. The van der Waals surface area contributed by atoms with Crippen LogP contribution in [0.2, 0.25) is 0 Å². The summed E-state index contributed by atoms with van der Waals surface area (Å²) in [6.45, 7) is 11.7. The molecule has 0 spiro atoms. The third-order valence-corrected chi connectivity index (χ3v) is 5.00. The quantitative estimate of drug-likeness (QED) is 0.366. The van der Waals surface area contributed by atoms with Gasteiger partial charge in [-0.1, -0.05) is 41.0 Å². The van der Waals surface area contributed by atoms with Crippen LogP contribution in [0.5, 0.6) is 0 Å². The molecule has 1 aliphatic rings. The van der Waals surface area contributed by atoms with Crippen molar-refractivity contribution in [2.45, 2.75) is 91.3 Å². The zero-order chi connectivity index (χ0) is 22.9. The fourth-order valence-corrected chi connectivity index (χ4v) is 3.16. The SMILES string of the molecule is CCCCC(=O)NC(CC(C)C)C(=O)NCC(=O)NC(CC(C)C)C(=O)C1(C)CO1. The summed E-state index contributed by atoms with van der Waals surface area (Å²) in [6, 6.07) is -1.34. The third-order valence-electron chi connectivity index (χ3n) is 5.00. The summed E-state index contributed by atoms with van der Waals surface area (Å²) >= 11 is 0. The second-order valence-electron chi connectivity index (χ2n) is 9.20. The van der Waals surface area contributed by atoms with Crippen LogP contribution < -0.4 is 16.0 Å². The predicted octanol–water partition coefficient (Wildman–Crippen LogP) is 1.71. The van der Waals surface area contributed by atoms with E-state index < -0.39 is 29.5 Å². The van der Waals surface area contributed by atoms with E-state index in [0.717, 1.165) is 12.8 Å². The first-order valence-electron chi connectivity index (χ1n) is 11.0. The molecule has 0 aliphatic carbocycles. The van der Waals surface area contributed by atoms with E-state index in [4.69, 9.17) is 4.74 Å². The van der Waals surface area contributed by atoms with E-state index in [-0.39, 0.29) is 30.1 Å². The fraction of sp³-hybridized carbons (Fsp3) is 0.818. The second kappa shape index (κ2) is 12.0. The van der Waals surface area contributed by atoms with Gasteiger partial charge in [-0.25, -0.2) is 0 Å². The molecule has 3 amide bonds. The minimum absolute atomic E-state index is 0.142. The van der Waals surface area contributed by atoms with Crippen LogP contribution in [0.4, 0.5) is 0 Å². The molecule has 1 saturated heterocycles. The van der Waals surface area contributed by atoms with Gasteiger partial charge >= 0.3 is 0 Å². The van der Waals surface area contributed by atoms with E-state index >= 15 is 0 Å². The molecule has 1 aliphatic heterocycles. The van der Waals surface area contributed by atoms with E-state index in [0.29, 0.717) is 25.9 Å². The van der Waals surface area contributed by atoms with Crippen LogP contribution in [0.1, 0.15) is 73.6 Å². The van der Waals surface area contributed by atoms with Crippen LogP contribution in [-0.4, -0.2) is 54.3 Å². The van der Waals surface area contributed by atoms with E-state index in [1.807, 2.05) is 34.6 Å². The van der Waals surface area contributed by atoms with Crippen molar-refractivity contribution in [3.05, 3.63) is 0 Å². The van der Waals surface area contributed by atoms with Crippen molar-refractivity contribution in [1.82, 2.24) is 16.0 Å². The minimum atomic E-state index is -0.818. The lowest BCUT2D eigenvalue weighted by Crippen LogP contribution is -2.52. The summed E-state index contributed by atoms with van der Waals surface area (Å²) in [4.78, 5) is 49.6. The Morgan fingerprint density at radius 3 is 1.97 bits per heavy atom. The smallest absolute Gasteiger partial charge is 0.243 e. The number of ketones is 1. The number of hydrogen-bond acceptors (Lipinski definition) is 5. The van der Waals surface area contributed by atoms with Crippen LogP contribution in [0, 0.1) is 11.8 Å². The summed E-state index contributed by atoms with van der Waals surface area (Å²) in [5, 5.41) is 8.09. The number of ether oxygens (including phenoxy) is 1. The molecular formula is C22H39N3O5. The predicted molar refractivity (Wildman–Crippen MR) is 115 cm³/mol. The first-order chi connectivity index (χ1) is 14.0. The lowest BCUT2D eigenvalue weighted by molar-refractivity contribution is -0.132. The van der Waals surface area contributed by atoms with Gasteiger partial charge in [-0.3, -0.25) is 19.2 Å². The molecule has 0 saturated carbocycles. The molecule has 1 rings (SSSR count). The Labute approximate surface area is 180 Å². The Kier molecular flexibility index (Phi) is 10.5. The maximum Gasteiger partial charge on any atom is 0.243 e. The molecule has 172 valence electrons. The summed E-state index contributed by atoms with van der Waals surface area (Å²) < 4.78 is 5.22. The lowest BCUT2D eigenvalue weighted by atomic mass is 9.93. The molecule has 3 unspecified atom stereocenters. The van der Waals surface area contributed by atoms with Crippen LogP contribution >= 0.6 is 0 Å². The van der Waals surface area contributed by atoms with Crippen LogP contribution in [0.25, 0.3) is 0 Å². The van der Waals surface area contributed by atoms with Gasteiger partial charge in [0.1, 0.15) is 11.6 Å². The lowest BCUT2D eigenvalue weighted by Gasteiger charge is -2.22. The molecule has 8 heteroatoms. The van der Waals surface area contributed by atoms with Crippen LogP contribution in [0.3, 0.4) is 0 Å². The number of amides is 3. The van der Waals surface area contributed by atoms with E-state index in [2.05, 4.69) is 16.0 Å². The number of hydrogen-bond donors (Lipinski definition) is 3. The van der Waals surface area contributed by atoms with Crippen LogP contribution in [0.15, 0.2) is 0 Å². The highest BCUT2D eigenvalue weighted by molar-refractivity contribution is 5.97. The average molecular weight is 426 g/mol. The Morgan fingerprint density at radius 2 is 1.47 bits per heavy atom. The number of rotatable bonds is 14. The fourth-order valence-electron chi connectivity index (χ4n) is 3.16. The van der Waals surface area contributed by atoms with Gasteiger partial charge in [-0.15, -0.1) is 0 Å². The van der Waals surface area contributed by atoms with Crippen molar-refractivity contribution in [1.29, 1.82) is 0 Å². The van der Waals surface area contributed by atoms with Crippen molar-refractivity contribution in [2.24, 2.45) is 11.8 Å². The highest BCUT2D eigenvalue weighted by atomic mass is 16.6. The van der Waals surface area contributed by atoms with Crippen molar-refractivity contribution in [2.75, 3.05) is 13.2 Å². The van der Waals surface area contributed by atoms with Gasteiger partial charge in [-0.2, -0.15) is 0 Å². The van der Waals surface area contributed by atoms with Gasteiger partial charge in [0.25, 0.3) is 0 Å². The van der Waals surface area contributed by atoms with Gasteiger partial charge in [0.15, 0.2) is 5.78 Å². The molecule has 1 fully saturated rings. The summed E-state index contributed by atoms with van der Waals surface area (Å²) in [5.74, 6) is -0.724. The number of carbonyl (C=O) groups is 4. The van der Waals surface area contributed by atoms with Gasteiger partial charge in [0.2, 0.25) is 17.7 Å². The number of nitrogens with one attached hydrogen (secondary N) is 3. The van der Waals surface area contributed by atoms with Gasteiger partial charge < -0.3 is 20.7 Å². The molecule has 3 N–H and O–H groups in total. The van der Waals surface area contributed by atoms with Crippen molar-refractivity contribution >= 4 is 23.5 Å². The van der Waals surface area contributed by atoms with Crippen molar-refractivity contribution in [3.8, 4) is 0 Å². The first kappa shape index (κ1) is 26.1. The molecule has 30 heavy (non-hydrogen) atoms. The average Bonchev–Trinajstić information content (AvgIpc) is 3.40. The summed E-state index contributed by atoms with van der Waals surface area (Å²) in [6.07, 6.45) is 3.02. The number of carbonyl (C=O) groups excluding carboxylic acids is 4. The Morgan fingerprint density at radius 1 is 0.933 bits per heavy atom. The molecule has 3 atom stereocenters. The zero-order valence-electron chi connectivity index (χ0n) is 19.3. The summed E-state index contributed by atoms with van der Waals surface area (Å²) in [5.41, 5.74) is -0.818. The van der Waals surface area contributed by atoms with E-state index in [9.17, 15) is 19.2 Å². The third kappa shape index (κ3) is 9.24. The molecular weight excluding hydrogens is 386 g/mol. The number of unbranched alkanes of at least 4 members (excludes halogenated alkanes) is 1. The Hall–Kier alpha value is -1.96. The maximum absolute atomic E-state index is 12.6. The molecule has 8 nitrogen and oxygen atoms in total. The van der Waals surface area contributed by atoms with Gasteiger partial charge in [-0.05, 0) is 38.0 Å². The van der Waals surface area contributed by atoms with Crippen LogP contribution in [-0.2, 0) is 23.9 Å². The normalized spacial score (nSPS) is 19.9. The minimum Gasteiger partial charge on any atom is -0.361 e. The van der Waals surface area contributed by atoms with E-state index in [1.54, 1.807) is 6.92 Å². The molecule has 0 bridgehead atoms. The first-order valence-corrected chi connectivity index (χ1v) is 11.0. The number of epoxide rings is 1. The maximum atomic E-state index is 12.6. The zero-order valence-corrected chi connectivity index (χ0v) is 19.3. The Bertz CT molecular complexity index is 614. The van der Waals surface area contributed by atoms with E-state index in [1.165, 1.54) is 0 Å². The van der Waals surface area contributed by atoms with Crippen molar-refractivity contribution < 1.29 is 23.9 Å². The van der Waals surface area contributed by atoms with Crippen molar-refractivity contribution in [3.63, 3.8) is 0 Å². The largest absolute Gasteiger partial charge is 0.361 e. The van der Waals surface area contributed by atoms with Gasteiger partial charge in [0, 0.05) is 6.42 Å². The Balaban J connectivity index is 2.61. The highest BCUT2D eigenvalue weighted by Crippen LogP contribution is 2.29.